The number of benzene rings is 1. The first-order chi connectivity index (χ1) is 13.3. The molecule has 6 heteroatoms. The molecule has 0 unspecified atom stereocenters. The van der Waals surface area contributed by atoms with Gasteiger partial charge in [-0.25, -0.2) is 0 Å². The second kappa shape index (κ2) is 6.56. The summed E-state index contributed by atoms with van der Waals surface area (Å²) in [4.78, 5) is 15.4. The molecule has 1 amide bonds. The van der Waals surface area contributed by atoms with Gasteiger partial charge in [-0.15, -0.1) is 0 Å². The van der Waals surface area contributed by atoms with Gasteiger partial charge in [0.2, 0.25) is 5.91 Å². The van der Waals surface area contributed by atoms with Gasteiger partial charge in [-0.1, -0.05) is 26.0 Å². The van der Waals surface area contributed by atoms with Crippen LogP contribution in [0, 0.1) is 0 Å². The summed E-state index contributed by atoms with van der Waals surface area (Å²) in [6.07, 6.45) is 2.00. The molecular formula is C23H35BN2O3. The average molecular weight is 398 g/mol. The van der Waals surface area contributed by atoms with Crippen LogP contribution < -0.4 is 15.7 Å². The summed E-state index contributed by atoms with van der Waals surface area (Å²) in [5.74, 6) is 0.201. The molecule has 0 aromatic heterocycles. The molecule has 2 heterocycles. The summed E-state index contributed by atoms with van der Waals surface area (Å²) >= 11 is 0. The quantitative estimate of drug-likeness (QED) is 0.792. The predicted molar refractivity (Wildman–Crippen MR) is 118 cm³/mol. The normalized spacial score (nSPS) is 29.3. The maximum Gasteiger partial charge on any atom is 0.494 e. The van der Waals surface area contributed by atoms with Gasteiger partial charge < -0.3 is 19.5 Å². The van der Waals surface area contributed by atoms with E-state index < -0.39 is 12.5 Å². The highest BCUT2D eigenvalue weighted by Gasteiger charge is 2.53. The second-order valence-electron chi connectivity index (χ2n) is 10.8. The van der Waals surface area contributed by atoms with E-state index in [1.807, 2.05) is 18.7 Å². The Hall–Kier alpha value is -1.37. The van der Waals surface area contributed by atoms with E-state index in [0.29, 0.717) is 12.1 Å². The third kappa shape index (κ3) is 3.24. The molecule has 1 aromatic rings. The Morgan fingerprint density at radius 2 is 1.66 bits per heavy atom. The van der Waals surface area contributed by atoms with E-state index in [9.17, 15) is 4.79 Å². The standard InChI is InChI=1S/C23H35BN2O3/c1-14(2)25-16-12-17(13-16)26-19-11-15(9-10-18(19)21(3,4)20(26)27)24-28-22(5,6)23(7,8)29-24/h9-11,14,16-17,25H,12-13H2,1-8H3/t16-,17+. The Bertz CT molecular complexity index is 811. The van der Waals surface area contributed by atoms with E-state index in [2.05, 4.69) is 65.1 Å². The van der Waals surface area contributed by atoms with Gasteiger partial charge in [-0.2, -0.15) is 0 Å². The molecular weight excluding hydrogens is 363 g/mol. The van der Waals surface area contributed by atoms with Crippen LogP contribution in [0.5, 0.6) is 0 Å². The van der Waals surface area contributed by atoms with Crippen molar-refractivity contribution in [3.8, 4) is 0 Å². The highest BCUT2D eigenvalue weighted by atomic mass is 16.7. The summed E-state index contributed by atoms with van der Waals surface area (Å²) < 4.78 is 12.5. The molecule has 0 spiro atoms. The van der Waals surface area contributed by atoms with Crippen LogP contribution in [0.2, 0.25) is 0 Å². The molecule has 0 radical (unpaired) electrons. The van der Waals surface area contributed by atoms with Gasteiger partial charge in [0.1, 0.15) is 0 Å². The Kier molecular flexibility index (Phi) is 4.73. The van der Waals surface area contributed by atoms with E-state index in [4.69, 9.17) is 9.31 Å². The van der Waals surface area contributed by atoms with Crippen LogP contribution in [-0.4, -0.2) is 42.4 Å². The predicted octanol–water partition coefficient (Wildman–Crippen LogP) is 3.14. The van der Waals surface area contributed by atoms with Crippen LogP contribution in [-0.2, 0) is 19.5 Å². The van der Waals surface area contributed by atoms with Crippen LogP contribution in [0.3, 0.4) is 0 Å². The van der Waals surface area contributed by atoms with Gasteiger partial charge in [0, 0.05) is 23.8 Å². The van der Waals surface area contributed by atoms with Crippen LogP contribution in [0.4, 0.5) is 5.69 Å². The number of anilines is 1. The summed E-state index contributed by atoms with van der Waals surface area (Å²) in [7, 11) is -0.414. The lowest BCUT2D eigenvalue weighted by atomic mass is 9.76. The zero-order valence-corrected chi connectivity index (χ0v) is 19.1. The van der Waals surface area contributed by atoms with Crippen molar-refractivity contribution in [1.29, 1.82) is 0 Å². The lowest BCUT2D eigenvalue weighted by molar-refractivity contribution is -0.123. The largest absolute Gasteiger partial charge is 0.494 e. The van der Waals surface area contributed by atoms with Crippen LogP contribution >= 0.6 is 0 Å². The highest BCUT2D eigenvalue weighted by molar-refractivity contribution is 6.62. The van der Waals surface area contributed by atoms with Crippen LogP contribution in [0.15, 0.2) is 18.2 Å². The van der Waals surface area contributed by atoms with E-state index in [1.54, 1.807) is 0 Å². The van der Waals surface area contributed by atoms with Crippen LogP contribution in [0.25, 0.3) is 0 Å². The molecule has 158 valence electrons. The topological polar surface area (TPSA) is 50.8 Å². The van der Waals surface area contributed by atoms with Crippen molar-refractivity contribution in [2.24, 2.45) is 0 Å². The molecule has 3 aliphatic rings. The number of nitrogens with one attached hydrogen (secondary N) is 1. The molecule has 1 saturated carbocycles. The van der Waals surface area contributed by atoms with Crippen molar-refractivity contribution in [3.63, 3.8) is 0 Å². The third-order valence-corrected chi connectivity index (χ3v) is 7.28. The first kappa shape index (κ1) is 20.9. The number of rotatable bonds is 4. The highest BCUT2D eigenvalue weighted by Crippen LogP contribution is 2.45. The van der Waals surface area contributed by atoms with Gasteiger partial charge in [-0.05, 0) is 71.5 Å². The molecule has 1 saturated heterocycles. The van der Waals surface area contributed by atoms with Crippen molar-refractivity contribution in [3.05, 3.63) is 23.8 Å². The lowest BCUT2D eigenvalue weighted by Gasteiger charge is -2.43. The molecule has 4 rings (SSSR count). The van der Waals surface area contributed by atoms with Gasteiger partial charge in [0.05, 0.1) is 16.6 Å². The Labute approximate surface area is 175 Å². The van der Waals surface area contributed by atoms with E-state index in [-0.39, 0.29) is 23.2 Å². The minimum Gasteiger partial charge on any atom is -0.399 e. The fraction of sp³-hybridized carbons (Fsp3) is 0.696. The van der Waals surface area contributed by atoms with Crippen molar-refractivity contribution >= 4 is 24.2 Å². The molecule has 29 heavy (non-hydrogen) atoms. The number of amides is 1. The zero-order chi connectivity index (χ0) is 21.4. The number of hydrogen-bond acceptors (Lipinski definition) is 4. The molecule has 2 aliphatic heterocycles. The number of carbonyl (C=O) groups is 1. The molecule has 2 fully saturated rings. The van der Waals surface area contributed by atoms with E-state index >= 15 is 0 Å². The van der Waals surface area contributed by atoms with Crippen molar-refractivity contribution in [2.45, 2.75) is 103 Å². The summed E-state index contributed by atoms with van der Waals surface area (Å²) in [6, 6.07) is 7.49. The van der Waals surface area contributed by atoms with E-state index in [0.717, 1.165) is 29.6 Å². The second-order valence-corrected chi connectivity index (χ2v) is 10.8. The van der Waals surface area contributed by atoms with Gasteiger partial charge in [-0.3, -0.25) is 4.79 Å². The summed E-state index contributed by atoms with van der Waals surface area (Å²) in [5.41, 5.74) is 1.85. The van der Waals surface area contributed by atoms with Gasteiger partial charge in [0.15, 0.2) is 0 Å². The fourth-order valence-electron chi connectivity index (χ4n) is 4.70. The molecule has 0 bridgehead atoms. The maximum atomic E-state index is 13.3. The summed E-state index contributed by atoms with van der Waals surface area (Å²) in [6.45, 7) is 16.7. The molecule has 5 nitrogen and oxygen atoms in total. The molecule has 1 N–H and O–H groups in total. The minimum atomic E-state index is -0.500. The first-order valence-electron chi connectivity index (χ1n) is 10.9. The molecule has 1 aromatic carbocycles. The SMILES string of the molecule is CC(C)N[C@H]1C[C@@H](N2C(=O)C(C)(C)c3ccc(B4OC(C)(C)C(C)(C)O4)cc32)C1. The Morgan fingerprint density at radius 1 is 1.07 bits per heavy atom. The Balaban J connectivity index is 1.63. The fourth-order valence-corrected chi connectivity index (χ4v) is 4.70. The molecule has 1 aliphatic carbocycles. The number of fused-ring (bicyclic) bond motifs is 1. The third-order valence-electron chi connectivity index (χ3n) is 7.28. The lowest BCUT2D eigenvalue weighted by Crippen LogP contribution is -2.56. The Morgan fingerprint density at radius 3 is 2.21 bits per heavy atom. The average Bonchev–Trinajstić information content (AvgIpc) is 2.90. The van der Waals surface area contributed by atoms with Gasteiger partial charge in [0.25, 0.3) is 0 Å². The molecule has 0 atom stereocenters. The zero-order valence-electron chi connectivity index (χ0n) is 19.1. The first-order valence-corrected chi connectivity index (χ1v) is 10.9. The van der Waals surface area contributed by atoms with Gasteiger partial charge >= 0.3 is 7.12 Å². The van der Waals surface area contributed by atoms with Crippen LogP contribution in [0.1, 0.15) is 73.8 Å². The number of hydrogen-bond donors (Lipinski definition) is 1. The van der Waals surface area contributed by atoms with Crippen molar-refractivity contribution in [2.75, 3.05) is 4.90 Å². The minimum absolute atomic E-state index is 0.201. The summed E-state index contributed by atoms with van der Waals surface area (Å²) in [5, 5.41) is 3.59. The maximum absolute atomic E-state index is 13.3. The van der Waals surface area contributed by atoms with Crippen molar-refractivity contribution < 1.29 is 14.1 Å². The van der Waals surface area contributed by atoms with E-state index in [1.165, 1.54) is 0 Å². The monoisotopic (exact) mass is 398 g/mol. The number of carbonyl (C=O) groups excluding carboxylic acids is 1. The number of nitrogens with zero attached hydrogens (tertiary/aromatic N) is 1. The van der Waals surface area contributed by atoms with Crippen molar-refractivity contribution in [1.82, 2.24) is 5.32 Å². The smallest absolute Gasteiger partial charge is 0.399 e.